The minimum Gasteiger partial charge on any atom is -0.363 e. The van der Waals surface area contributed by atoms with Gasteiger partial charge >= 0.3 is 0 Å². The van der Waals surface area contributed by atoms with Crippen LogP contribution in [0.3, 0.4) is 0 Å². The molecular weight excluding hydrogens is 425 g/mol. The summed E-state index contributed by atoms with van der Waals surface area (Å²) in [7, 11) is 0. The van der Waals surface area contributed by atoms with Crippen LogP contribution in [0.15, 0.2) is 66.7 Å². The molecule has 1 aliphatic rings. The highest BCUT2D eigenvalue weighted by Crippen LogP contribution is 2.30. The number of benzene rings is 3. The van der Waals surface area contributed by atoms with Gasteiger partial charge in [-0.05, 0) is 60.4 Å². The molecule has 3 nitrogen and oxygen atoms in total. The van der Waals surface area contributed by atoms with Crippen LogP contribution in [0.2, 0.25) is 10.0 Å². The van der Waals surface area contributed by atoms with E-state index in [0.29, 0.717) is 16.6 Å². The number of anilines is 1. The van der Waals surface area contributed by atoms with Crippen molar-refractivity contribution in [3.63, 3.8) is 0 Å². The van der Waals surface area contributed by atoms with Crippen molar-refractivity contribution in [2.45, 2.75) is 32.5 Å². The number of hydrogen-bond donors (Lipinski definition) is 0. The molecule has 0 N–H and O–H groups in total. The first-order valence-electron chi connectivity index (χ1n) is 10.5. The molecule has 0 bridgehead atoms. The molecule has 0 aliphatic carbocycles. The van der Waals surface area contributed by atoms with Gasteiger partial charge in [-0.25, -0.2) is 0 Å². The van der Waals surface area contributed by atoms with E-state index in [1.165, 1.54) is 16.7 Å². The number of nitrogens with zero attached hydrogens (tertiary/aromatic N) is 3. The zero-order chi connectivity index (χ0) is 21.8. The number of aryl methyl sites for hydroxylation is 1. The molecule has 0 aromatic heterocycles. The third-order valence-corrected chi connectivity index (χ3v) is 6.58. The Balaban J connectivity index is 1.57. The van der Waals surface area contributed by atoms with Gasteiger partial charge in [0.2, 0.25) is 0 Å². The maximum absolute atomic E-state index is 9.26. The van der Waals surface area contributed by atoms with Crippen molar-refractivity contribution in [2.75, 3.05) is 18.0 Å². The van der Waals surface area contributed by atoms with Gasteiger partial charge in [0.15, 0.2) is 0 Å². The highest BCUT2D eigenvalue weighted by Gasteiger charge is 2.28. The fourth-order valence-corrected chi connectivity index (χ4v) is 4.58. The Kier molecular flexibility index (Phi) is 6.83. The highest BCUT2D eigenvalue weighted by molar-refractivity contribution is 6.32. The van der Waals surface area contributed by atoms with Crippen molar-refractivity contribution < 1.29 is 0 Å². The Morgan fingerprint density at radius 3 is 2.55 bits per heavy atom. The molecule has 0 radical (unpaired) electrons. The predicted octanol–water partition coefficient (Wildman–Crippen LogP) is 6.45. The monoisotopic (exact) mass is 449 g/mol. The van der Waals surface area contributed by atoms with Crippen LogP contribution in [-0.2, 0) is 13.1 Å². The molecule has 1 saturated heterocycles. The number of rotatable bonds is 6. The zero-order valence-electron chi connectivity index (χ0n) is 17.6. The third kappa shape index (κ3) is 5.22. The van der Waals surface area contributed by atoms with Gasteiger partial charge in [0.05, 0.1) is 10.6 Å². The van der Waals surface area contributed by atoms with E-state index < -0.39 is 0 Å². The largest absolute Gasteiger partial charge is 0.363 e. The summed E-state index contributed by atoms with van der Waals surface area (Å²) in [5.41, 5.74) is 5.43. The lowest BCUT2D eigenvalue weighted by atomic mass is 10.1. The molecule has 1 heterocycles. The average molecular weight is 450 g/mol. The topological polar surface area (TPSA) is 30.3 Å². The van der Waals surface area contributed by atoms with Gasteiger partial charge in [-0.2, -0.15) is 5.26 Å². The highest BCUT2D eigenvalue weighted by atomic mass is 35.5. The molecule has 0 spiro atoms. The van der Waals surface area contributed by atoms with Crippen molar-refractivity contribution in [3.8, 4) is 6.07 Å². The van der Waals surface area contributed by atoms with E-state index in [0.717, 1.165) is 43.3 Å². The second kappa shape index (κ2) is 9.75. The lowest BCUT2D eigenvalue weighted by Crippen LogP contribution is -2.37. The minimum atomic E-state index is 0.371. The first-order valence-corrected chi connectivity index (χ1v) is 11.3. The van der Waals surface area contributed by atoms with Crippen LogP contribution in [0.5, 0.6) is 0 Å². The maximum atomic E-state index is 9.26. The molecule has 0 amide bonds. The van der Waals surface area contributed by atoms with Crippen LogP contribution in [0.1, 0.15) is 28.7 Å². The number of hydrogen-bond acceptors (Lipinski definition) is 3. The lowest BCUT2D eigenvalue weighted by Gasteiger charge is -2.32. The van der Waals surface area contributed by atoms with Crippen LogP contribution in [0, 0.1) is 18.3 Å². The standard InChI is InChI=1S/C26H25Cl2N3/c1-19-4-2-3-5-22(19)17-31(24-11-8-21(15-29)26(28)14-24)25-12-13-30(18-25)16-20-6-9-23(27)10-7-20/h2-11,14,25H,12-13,16-18H2,1H3/t25-/m0/s1. The van der Waals surface area contributed by atoms with Crippen LogP contribution in [0.25, 0.3) is 0 Å². The Bertz CT molecular complexity index is 1090. The Morgan fingerprint density at radius 2 is 1.84 bits per heavy atom. The second-order valence-electron chi connectivity index (χ2n) is 8.13. The summed E-state index contributed by atoms with van der Waals surface area (Å²) < 4.78 is 0. The predicted molar refractivity (Wildman–Crippen MR) is 129 cm³/mol. The summed E-state index contributed by atoms with van der Waals surface area (Å²) in [6.45, 7) is 5.91. The smallest absolute Gasteiger partial charge is 0.101 e. The molecule has 1 fully saturated rings. The fraction of sp³-hybridized carbons (Fsp3) is 0.269. The molecule has 31 heavy (non-hydrogen) atoms. The molecule has 5 heteroatoms. The van der Waals surface area contributed by atoms with Crippen LogP contribution in [-0.4, -0.2) is 24.0 Å². The molecule has 3 aromatic rings. The van der Waals surface area contributed by atoms with Crippen LogP contribution >= 0.6 is 23.2 Å². The number of likely N-dealkylation sites (tertiary alicyclic amines) is 1. The molecule has 158 valence electrons. The van der Waals surface area contributed by atoms with Crippen molar-refractivity contribution in [1.29, 1.82) is 5.26 Å². The van der Waals surface area contributed by atoms with Crippen molar-refractivity contribution >= 4 is 28.9 Å². The number of nitriles is 1. The molecular formula is C26H25Cl2N3. The molecule has 0 saturated carbocycles. The van der Waals surface area contributed by atoms with Crippen LogP contribution in [0.4, 0.5) is 5.69 Å². The van der Waals surface area contributed by atoms with E-state index in [1.807, 2.05) is 30.3 Å². The SMILES string of the molecule is Cc1ccccc1CN(c1ccc(C#N)c(Cl)c1)[C@H]1CCN(Cc2ccc(Cl)cc2)C1. The molecule has 1 aliphatic heterocycles. The van der Waals surface area contributed by atoms with Crippen molar-refractivity contribution in [1.82, 2.24) is 4.90 Å². The summed E-state index contributed by atoms with van der Waals surface area (Å²) in [6.07, 6.45) is 1.08. The fourth-order valence-electron chi connectivity index (χ4n) is 4.23. The summed E-state index contributed by atoms with van der Waals surface area (Å²) >= 11 is 12.4. The van der Waals surface area contributed by atoms with Crippen LogP contribution < -0.4 is 4.90 Å². The summed E-state index contributed by atoms with van der Waals surface area (Å²) in [5, 5.41) is 10.5. The van der Waals surface area contributed by atoms with E-state index in [2.05, 4.69) is 59.2 Å². The average Bonchev–Trinajstić information content (AvgIpc) is 3.23. The summed E-state index contributed by atoms with van der Waals surface area (Å²) in [6, 6.07) is 24.9. The quantitative estimate of drug-likeness (QED) is 0.432. The van der Waals surface area contributed by atoms with E-state index in [9.17, 15) is 5.26 Å². The zero-order valence-corrected chi connectivity index (χ0v) is 19.1. The first-order chi connectivity index (χ1) is 15.0. The van der Waals surface area contributed by atoms with Crippen molar-refractivity contribution in [3.05, 3.63) is 99.0 Å². The Labute approximate surface area is 194 Å². The Morgan fingerprint density at radius 1 is 1.06 bits per heavy atom. The molecule has 0 unspecified atom stereocenters. The number of halogens is 2. The molecule has 3 aromatic carbocycles. The van der Waals surface area contributed by atoms with Gasteiger partial charge in [0.25, 0.3) is 0 Å². The summed E-state index contributed by atoms with van der Waals surface area (Å²) in [5.74, 6) is 0. The Hall–Kier alpha value is -2.51. The van der Waals surface area contributed by atoms with E-state index in [4.69, 9.17) is 23.2 Å². The van der Waals surface area contributed by atoms with Gasteiger partial charge in [0, 0.05) is 42.9 Å². The second-order valence-corrected chi connectivity index (χ2v) is 8.98. The lowest BCUT2D eigenvalue weighted by molar-refractivity contribution is 0.325. The minimum absolute atomic E-state index is 0.371. The molecule has 1 atom stereocenters. The first kappa shape index (κ1) is 21.7. The van der Waals surface area contributed by atoms with Gasteiger partial charge in [-0.15, -0.1) is 0 Å². The normalized spacial score (nSPS) is 16.3. The van der Waals surface area contributed by atoms with E-state index in [-0.39, 0.29) is 0 Å². The van der Waals surface area contributed by atoms with Crippen molar-refractivity contribution in [2.24, 2.45) is 0 Å². The van der Waals surface area contributed by atoms with E-state index >= 15 is 0 Å². The maximum Gasteiger partial charge on any atom is 0.101 e. The molecule has 4 rings (SSSR count). The van der Waals surface area contributed by atoms with Gasteiger partial charge in [0.1, 0.15) is 6.07 Å². The van der Waals surface area contributed by atoms with Gasteiger partial charge in [-0.3, -0.25) is 4.90 Å². The van der Waals surface area contributed by atoms with Gasteiger partial charge < -0.3 is 4.90 Å². The van der Waals surface area contributed by atoms with E-state index in [1.54, 1.807) is 0 Å². The third-order valence-electron chi connectivity index (χ3n) is 6.01. The van der Waals surface area contributed by atoms with Gasteiger partial charge in [-0.1, -0.05) is 59.6 Å². The summed E-state index contributed by atoms with van der Waals surface area (Å²) in [4.78, 5) is 4.93.